The zero-order valence-electron chi connectivity index (χ0n) is 11.4. The van der Waals surface area contributed by atoms with Crippen LogP contribution in [0.5, 0.6) is 5.75 Å². The number of hydrogen-bond donors (Lipinski definition) is 2. The first-order valence-electron chi connectivity index (χ1n) is 6.57. The highest BCUT2D eigenvalue weighted by molar-refractivity contribution is 5.94. The summed E-state index contributed by atoms with van der Waals surface area (Å²) >= 11 is 0. The standard InChI is InChI=1S/C16H18N2O2/c1-2-15(20-14-9-4-3-5-10-14)16(19)18-13-8-6-7-12(17)11-13/h3-11,15H,2,17H2,1H3,(H,18,19). The van der Waals surface area contributed by atoms with E-state index in [1.165, 1.54) is 0 Å². The highest BCUT2D eigenvalue weighted by atomic mass is 16.5. The molecule has 4 nitrogen and oxygen atoms in total. The van der Waals surface area contributed by atoms with Gasteiger partial charge in [0.2, 0.25) is 0 Å². The lowest BCUT2D eigenvalue weighted by atomic mass is 10.2. The minimum Gasteiger partial charge on any atom is -0.481 e. The second kappa shape index (κ2) is 6.61. The highest BCUT2D eigenvalue weighted by Crippen LogP contribution is 2.16. The van der Waals surface area contributed by atoms with Crippen molar-refractivity contribution >= 4 is 17.3 Å². The van der Waals surface area contributed by atoms with Gasteiger partial charge in [0.05, 0.1) is 0 Å². The van der Waals surface area contributed by atoms with E-state index in [4.69, 9.17) is 10.5 Å². The van der Waals surface area contributed by atoms with Gasteiger partial charge >= 0.3 is 0 Å². The number of hydrogen-bond acceptors (Lipinski definition) is 3. The zero-order chi connectivity index (χ0) is 14.4. The first kappa shape index (κ1) is 13.9. The predicted octanol–water partition coefficient (Wildman–Crippen LogP) is 3.06. The van der Waals surface area contributed by atoms with Crippen molar-refractivity contribution in [2.75, 3.05) is 11.1 Å². The Hall–Kier alpha value is -2.49. The average molecular weight is 270 g/mol. The third-order valence-corrected chi connectivity index (χ3v) is 2.84. The molecule has 0 saturated carbocycles. The fraction of sp³-hybridized carbons (Fsp3) is 0.188. The van der Waals surface area contributed by atoms with Crippen LogP contribution in [0.15, 0.2) is 54.6 Å². The van der Waals surface area contributed by atoms with Gasteiger partial charge in [0.1, 0.15) is 5.75 Å². The molecule has 3 N–H and O–H groups in total. The molecule has 0 spiro atoms. The van der Waals surface area contributed by atoms with Gasteiger partial charge in [-0.3, -0.25) is 4.79 Å². The normalized spacial score (nSPS) is 11.7. The molecule has 20 heavy (non-hydrogen) atoms. The molecule has 0 heterocycles. The van der Waals surface area contributed by atoms with Crippen LogP contribution in [0.1, 0.15) is 13.3 Å². The summed E-state index contributed by atoms with van der Waals surface area (Å²) in [5.41, 5.74) is 6.97. The second-order valence-electron chi connectivity index (χ2n) is 4.44. The van der Waals surface area contributed by atoms with E-state index >= 15 is 0 Å². The van der Waals surface area contributed by atoms with Gasteiger partial charge in [0.15, 0.2) is 6.10 Å². The summed E-state index contributed by atoms with van der Waals surface area (Å²) in [7, 11) is 0. The Balaban J connectivity index is 2.02. The van der Waals surface area contributed by atoms with Crippen molar-refractivity contribution in [3.8, 4) is 5.75 Å². The molecule has 2 aromatic carbocycles. The lowest BCUT2D eigenvalue weighted by Gasteiger charge is -2.17. The van der Waals surface area contributed by atoms with E-state index in [1.807, 2.05) is 37.3 Å². The van der Waals surface area contributed by atoms with E-state index in [1.54, 1.807) is 24.3 Å². The monoisotopic (exact) mass is 270 g/mol. The number of carbonyl (C=O) groups is 1. The Bertz CT molecular complexity index is 570. The van der Waals surface area contributed by atoms with Crippen LogP contribution in [-0.4, -0.2) is 12.0 Å². The Morgan fingerprint density at radius 3 is 2.60 bits per heavy atom. The third kappa shape index (κ3) is 3.75. The van der Waals surface area contributed by atoms with Crippen LogP contribution in [-0.2, 0) is 4.79 Å². The number of ether oxygens (including phenoxy) is 1. The summed E-state index contributed by atoms with van der Waals surface area (Å²) in [5, 5.41) is 2.81. The maximum Gasteiger partial charge on any atom is 0.265 e. The summed E-state index contributed by atoms with van der Waals surface area (Å²) in [6.07, 6.45) is 0.0575. The summed E-state index contributed by atoms with van der Waals surface area (Å²) in [4.78, 5) is 12.2. The minimum atomic E-state index is -0.529. The maximum absolute atomic E-state index is 12.2. The van der Waals surface area contributed by atoms with Crippen molar-refractivity contribution in [1.29, 1.82) is 0 Å². The molecule has 0 aliphatic heterocycles. The third-order valence-electron chi connectivity index (χ3n) is 2.84. The molecule has 1 atom stereocenters. The van der Waals surface area contributed by atoms with E-state index < -0.39 is 6.10 Å². The number of nitrogens with one attached hydrogen (secondary N) is 1. The van der Waals surface area contributed by atoms with Gasteiger partial charge in [-0.15, -0.1) is 0 Å². The molecule has 0 saturated heterocycles. The van der Waals surface area contributed by atoms with Crippen LogP contribution in [0, 0.1) is 0 Å². The van der Waals surface area contributed by atoms with E-state index in [0.29, 0.717) is 23.5 Å². The van der Waals surface area contributed by atoms with E-state index in [-0.39, 0.29) is 5.91 Å². The number of amides is 1. The van der Waals surface area contributed by atoms with Gasteiger partial charge in [-0.2, -0.15) is 0 Å². The van der Waals surface area contributed by atoms with Crippen molar-refractivity contribution < 1.29 is 9.53 Å². The summed E-state index contributed by atoms with van der Waals surface area (Å²) < 4.78 is 5.68. The van der Waals surface area contributed by atoms with Gasteiger partial charge in [0.25, 0.3) is 5.91 Å². The molecular formula is C16H18N2O2. The molecule has 2 aromatic rings. The van der Waals surface area contributed by atoms with Crippen molar-refractivity contribution in [1.82, 2.24) is 0 Å². The number of nitrogen functional groups attached to an aromatic ring is 1. The maximum atomic E-state index is 12.2. The molecular weight excluding hydrogens is 252 g/mol. The van der Waals surface area contributed by atoms with E-state index in [0.717, 1.165) is 0 Å². The second-order valence-corrected chi connectivity index (χ2v) is 4.44. The average Bonchev–Trinajstić information content (AvgIpc) is 2.45. The smallest absolute Gasteiger partial charge is 0.265 e. The molecule has 0 fully saturated rings. The molecule has 104 valence electrons. The molecule has 1 unspecified atom stereocenters. The van der Waals surface area contributed by atoms with Crippen molar-refractivity contribution in [2.24, 2.45) is 0 Å². The van der Waals surface area contributed by atoms with Crippen LogP contribution in [0.2, 0.25) is 0 Å². The van der Waals surface area contributed by atoms with Gasteiger partial charge in [-0.1, -0.05) is 31.2 Å². The number of anilines is 2. The number of benzene rings is 2. The number of para-hydroxylation sites is 1. The molecule has 4 heteroatoms. The Kier molecular flexibility index (Phi) is 4.60. The Labute approximate surface area is 118 Å². The van der Waals surface area contributed by atoms with Gasteiger partial charge < -0.3 is 15.8 Å². The quantitative estimate of drug-likeness (QED) is 0.821. The van der Waals surface area contributed by atoms with Crippen LogP contribution in [0.4, 0.5) is 11.4 Å². The van der Waals surface area contributed by atoms with Crippen molar-refractivity contribution in [2.45, 2.75) is 19.4 Å². The van der Waals surface area contributed by atoms with Crippen LogP contribution in [0.3, 0.4) is 0 Å². The molecule has 0 aliphatic rings. The van der Waals surface area contributed by atoms with Crippen molar-refractivity contribution in [3.05, 3.63) is 54.6 Å². The fourth-order valence-electron chi connectivity index (χ4n) is 1.82. The summed E-state index contributed by atoms with van der Waals surface area (Å²) in [6, 6.07) is 16.4. The molecule has 0 aromatic heterocycles. The predicted molar refractivity (Wildman–Crippen MR) is 80.6 cm³/mol. The largest absolute Gasteiger partial charge is 0.481 e. The summed E-state index contributed by atoms with van der Waals surface area (Å²) in [6.45, 7) is 1.91. The zero-order valence-corrected chi connectivity index (χ0v) is 11.4. The number of nitrogens with two attached hydrogens (primary N) is 1. The number of carbonyl (C=O) groups excluding carboxylic acids is 1. The number of rotatable bonds is 5. The minimum absolute atomic E-state index is 0.179. The Morgan fingerprint density at radius 2 is 1.95 bits per heavy atom. The van der Waals surface area contributed by atoms with Crippen molar-refractivity contribution in [3.63, 3.8) is 0 Å². The molecule has 1 amide bonds. The topological polar surface area (TPSA) is 64.3 Å². The molecule has 0 radical (unpaired) electrons. The van der Waals surface area contributed by atoms with Gasteiger partial charge in [-0.25, -0.2) is 0 Å². The van der Waals surface area contributed by atoms with Crippen LogP contribution in [0.25, 0.3) is 0 Å². The van der Waals surface area contributed by atoms with E-state index in [2.05, 4.69) is 5.32 Å². The molecule has 2 rings (SSSR count). The molecule has 0 bridgehead atoms. The van der Waals surface area contributed by atoms with Crippen LogP contribution < -0.4 is 15.8 Å². The first-order chi connectivity index (χ1) is 9.69. The lowest BCUT2D eigenvalue weighted by Crippen LogP contribution is -2.32. The lowest BCUT2D eigenvalue weighted by molar-refractivity contribution is -0.122. The SMILES string of the molecule is CCC(Oc1ccccc1)C(=O)Nc1cccc(N)c1. The van der Waals surface area contributed by atoms with Crippen LogP contribution >= 0.6 is 0 Å². The summed E-state index contributed by atoms with van der Waals surface area (Å²) in [5.74, 6) is 0.504. The van der Waals surface area contributed by atoms with Gasteiger partial charge in [0, 0.05) is 11.4 Å². The fourth-order valence-corrected chi connectivity index (χ4v) is 1.82. The molecule has 0 aliphatic carbocycles. The van der Waals surface area contributed by atoms with E-state index in [9.17, 15) is 4.79 Å². The first-order valence-corrected chi connectivity index (χ1v) is 6.57. The highest BCUT2D eigenvalue weighted by Gasteiger charge is 2.18. The Morgan fingerprint density at radius 1 is 1.20 bits per heavy atom. The van der Waals surface area contributed by atoms with Gasteiger partial charge in [-0.05, 0) is 36.8 Å².